The van der Waals surface area contributed by atoms with Gasteiger partial charge >= 0.3 is 0 Å². The van der Waals surface area contributed by atoms with E-state index in [9.17, 15) is 18.8 Å². The molecule has 0 atom stereocenters. The zero-order valence-electron chi connectivity index (χ0n) is 15.8. The van der Waals surface area contributed by atoms with Gasteiger partial charge in [-0.05, 0) is 55.0 Å². The Bertz CT molecular complexity index is 903. The molecule has 152 valence electrons. The number of amides is 3. The van der Waals surface area contributed by atoms with Crippen LogP contribution in [-0.2, 0) is 4.79 Å². The molecule has 0 saturated heterocycles. The molecule has 0 aromatic heterocycles. The SMILES string of the molecule is CCCCC(=O)Nc1ccc(C(=O)NNC(=S)NC(=O)c2ccccc2F)cc1. The molecule has 0 aliphatic rings. The summed E-state index contributed by atoms with van der Waals surface area (Å²) in [5.74, 6) is -2.00. The van der Waals surface area contributed by atoms with Crippen molar-refractivity contribution in [2.45, 2.75) is 26.2 Å². The third kappa shape index (κ3) is 6.96. The Morgan fingerprint density at radius 3 is 2.31 bits per heavy atom. The van der Waals surface area contributed by atoms with Gasteiger partial charge in [0.2, 0.25) is 5.91 Å². The molecule has 2 aromatic carbocycles. The van der Waals surface area contributed by atoms with Crippen molar-refractivity contribution in [1.82, 2.24) is 16.2 Å². The second-order valence-corrected chi connectivity index (χ2v) is 6.48. The van der Waals surface area contributed by atoms with E-state index >= 15 is 0 Å². The highest BCUT2D eigenvalue weighted by Crippen LogP contribution is 2.10. The fourth-order valence-electron chi connectivity index (χ4n) is 2.30. The summed E-state index contributed by atoms with van der Waals surface area (Å²) < 4.78 is 13.6. The third-order valence-electron chi connectivity index (χ3n) is 3.82. The fourth-order valence-corrected chi connectivity index (χ4v) is 2.44. The number of hydrogen-bond donors (Lipinski definition) is 4. The van der Waals surface area contributed by atoms with Gasteiger partial charge in [0.15, 0.2) is 5.11 Å². The number of unbranched alkanes of at least 4 members (excludes halogenated alkanes) is 1. The summed E-state index contributed by atoms with van der Waals surface area (Å²) in [5, 5.41) is 4.83. The van der Waals surface area contributed by atoms with Crippen molar-refractivity contribution >= 4 is 40.7 Å². The number of anilines is 1. The zero-order valence-corrected chi connectivity index (χ0v) is 16.6. The molecule has 2 rings (SSSR count). The molecule has 0 saturated carbocycles. The number of benzene rings is 2. The first-order valence-corrected chi connectivity index (χ1v) is 9.37. The molecule has 0 aliphatic carbocycles. The maximum Gasteiger partial charge on any atom is 0.269 e. The summed E-state index contributed by atoms with van der Waals surface area (Å²) in [5.41, 5.74) is 5.44. The number of carbonyl (C=O) groups is 3. The lowest BCUT2D eigenvalue weighted by Crippen LogP contribution is -2.48. The molecule has 0 fully saturated rings. The lowest BCUT2D eigenvalue weighted by Gasteiger charge is -2.11. The van der Waals surface area contributed by atoms with Gasteiger partial charge in [-0.15, -0.1) is 0 Å². The lowest BCUT2D eigenvalue weighted by molar-refractivity contribution is -0.116. The number of hydrazine groups is 1. The first-order chi connectivity index (χ1) is 13.9. The molecule has 3 amide bonds. The minimum atomic E-state index is -0.738. The Labute approximate surface area is 173 Å². The zero-order chi connectivity index (χ0) is 21.2. The number of carbonyl (C=O) groups excluding carboxylic acids is 3. The maximum absolute atomic E-state index is 13.6. The van der Waals surface area contributed by atoms with Crippen molar-refractivity contribution in [2.75, 3.05) is 5.32 Å². The molecule has 4 N–H and O–H groups in total. The molecular formula is C20H21FN4O3S. The van der Waals surface area contributed by atoms with E-state index < -0.39 is 17.6 Å². The Morgan fingerprint density at radius 1 is 0.966 bits per heavy atom. The Balaban J connectivity index is 1.82. The van der Waals surface area contributed by atoms with Gasteiger partial charge in [-0.1, -0.05) is 25.5 Å². The van der Waals surface area contributed by atoms with Crippen molar-refractivity contribution in [3.63, 3.8) is 0 Å². The van der Waals surface area contributed by atoms with E-state index in [1.807, 2.05) is 6.92 Å². The van der Waals surface area contributed by atoms with Crippen LogP contribution < -0.4 is 21.5 Å². The number of rotatable bonds is 6. The third-order valence-corrected chi connectivity index (χ3v) is 4.03. The molecule has 0 bridgehead atoms. The highest BCUT2D eigenvalue weighted by atomic mass is 32.1. The predicted molar refractivity (Wildman–Crippen MR) is 112 cm³/mol. The average Bonchev–Trinajstić information content (AvgIpc) is 2.71. The van der Waals surface area contributed by atoms with Crippen LogP contribution in [0.15, 0.2) is 48.5 Å². The normalized spacial score (nSPS) is 10.0. The van der Waals surface area contributed by atoms with Crippen LogP contribution in [-0.4, -0.2) is 22.8 Å². The number of halogens is 1. The van der Waals surface area contributed by atoms with Crippen LogP contribution >= 0.6 is 12.2 Å². The molecule has 0 spiro atoms. The molecule has 0 unspecified atom stereocenters. The van der Waals surface area contributed by atoms with Crippen molar-refractivity contribution in [2.24, 2.45) is 0 Å². The van der Waals surface area contributed by atoms with Crippen LogP contribution in [0.3, 0.4) is 0 Å². The summed E-state index contributed by atoms with van der Waals surface area (Å²) in [7, 11) is 0. The molecule has 0 heterocycles. The number of nitrogens with one attached hydrogen (secondary N) is 4. The van der Waals surface area contributed by atoms with Crippen LogP contribution in [0.25, 0.3) is 0 Å². The Morgan fingerprint density at radius 2 is 1.66 bits per heavy atom. The first kappa shape index (κ1) is 22.0. The first-order valence-electron chi connectivity index (χ1n) is 8.96. The molecule has 29 heavy (non-hydrogen) atoms. The van der Waals surface area contributed by atoms with Gasteiger partial charge in [0.05, 0.1) is 5.56 Å². The molecule has 0 aliphatic heterocycles. The standard InChI is InChI=1S/C20H21FN4O3S/c1-2-3-8-17(26)22-14-11-9-13(10-12-14)18(27)24-25-20(29)23-19(28)15-6-4-5-7-16(15)21/h4-7,9-12H,2-3,8H2,1H3,(H,22,26)(H,24,27)(H2,23,25,28,29). The van der Waals surface area contributed by atoms with Crippen LogP contribution in [0.1, 0.15) is 46.9 Å². The monoisotopic (exact) mass is 416 g/mol. The molecular weight excluding hydrogens is 395 g/mol. The lowest BCUT2D eigenvalue weighted by atomic mass is 10.2. The summed E-state index contributed by atoms with van der Waals surface area (Å²) in [6, 6.07) is 11.7. The van der Waals surface area contributed by atoms with Crippen molar-refractivity contribution in [3.8, 4) is 0 Å². The fraction of sp³-hybridized carbons (Fsp3) is 0.200. The Hall–Kier alpha value is -3.33. The van der Waals surface area contributed by atoms with Gasteiger partial charge in [-0.2, -0.15) is 0 Å². The van der Waals surface area contributed by atoms with Gasteiger partial charge in [-0.3, -0.25) is 30.6 Å². The van der Waals surface area contributed by atoms with E-state index in [0.717, 1.165) is 18.9 Å². The molecule has 0 radical (unpaired) electrons. The van der Waals surface area contributed by atoms with Gasteiger partial charge < -0.3 is 5.32 Å². The van der Waals surface area contributed by atoms with E-state index in [1.54, 1.807) is 12.1 Å². The van der Waals surface area contributed by atoms with E-state index in [2.05, 4.69) is 21.5 Å². The average molecular weight is 416 g/mol. The topological polar surface area (TPSA) is 99.3 Å². The number of thiocarbonyl (C=S) groups is 1. The van der Waals surface area contributed by atoms with Crippen LogP contribution in [0.4, 0.5) is 10.1 Å². The van der Waals surface area contributed by atoms with Gasteiger partial charge in [-0.25, -0.2) is 4.39 Å². The van der Waals surface area contributed by atoms with E-state index in [-0.39, 0.29) is 16.6 Å². The van der Waals surface area contributed by atoms with Crippen molar-refractivity contribution in [3.05, 3.63) is 65.5 Å². The summed E-state index contributed by atoms with van der Waals surface area (Å²) >= 11 is 4.92. The van der Waals surface area contributed by atoms with Crippen LogP contribution in [0.5, 0.6) is 0 Å². The largest absolute Gasteiger partial charge is 0.326 e. The van der Waals surface area contributed by atoms with E-state index in [0.29, 0.717) is 17.7 Å². The molecule has 7 nitrogen and oxygen atoms in total. The number of hydrogen-bond acceptors (Lipinski definition) is 4. The minimum absolute atomic E-state index is 0.0818. The highest BCUT2D eigenvalue weighted by Gasteiger charge is 2.13. The summed E-state index contributed by atoms with van der Waals surface area (Å²) in [6.45, 7) is 2.01. The summed E-state index contributed by atoms with van der Waals surface area (Å²) in [6.07, 6.45) is 2.19. The molecule has 2 aromatic rings. The van der Waals surface area contributed by atoms with Crippen molar-refractivity contribution in [1.29, 1.82) is 0 Å². The highest BCUT2D eigenvalue weighted by molar-refractivity contribution is 7.80. The quantitative estimate of drug-likeness (QED) is 0.429. The van der Waals surface area contributed by atoms with Gasteiger partial charge in [0, 0.05) is 17.7 Å². The molecule has 9 heteroatoms. The second-order valence-electron chi connectivity index (χ2n) is 6.07. The van der Waals surface area contributed by atoms with Gasteiger partial charge in [0.25, 0.3) is 11.8 Å². The van der Waals surface area contributed by atoms with E-state index in [4.69, 9.17) is 12.2 Å². The second kappa shape index (κ2) is 10.9. The maximum atomic E-state index is 13.6. The van der Waals surface area contributed by atoms with Crippen molar-refractivity contribution < 1.29 is 18.8 Å². The summed E-state index contributed by atoms with van der Waals surface area (Å²) in [4.78, 5) is 35.8. The van der Waals surface area contributed by atoms with Crippen LogP contribution in [0.2, 0.25) is 0 Å². The predicted octanol–water partition coefficient (Wildman–Crippen LogP) is 2.90. The smallest absolute Gasteiger partial charge is 0.269 e. The Kier molecular flexibility index (Phi) is 8.23. The minimum Gasteiger partial charge on any atom is -0.326 e. The van der Waals surface area contributed by atoms with E-state index in [1.165, 1.54) is 30.3 Å². The van der Waals surface area contributed by atoms with Crippen LogP contribution in [0, 0.1) is 5.82 Å². The van der Waals surface area contributed by atoms with Gasteiger partial charge in [0.1, 0.15) is 5.82 Å².